The van der Waals surface area contributed by atoms with E-state index in [1.807, 2.05) is 73.1 Å². The van der Waals surface area contributed by atoms with Crippen LogP contribution in [0.3, 0.4) is 0 Å². The number of carbonyl (C=O) groups is 1. The lowest BCUT2D eigenvalue weighted by Gasteiger charge is -2.25. The first-order valence-electron chi connectivity index (χ1n) is 9.50. The fraction of sp³-hybridized carbons (Fsp3) is 0.318. The average molecular weight is 450 g/mol. The molecule has 0 saturated heterocycles. The van der Waals surface area contributed by atoms with Gasteiger partial charge in [0.2, 0.25) is 6.79 Å². The molecule has 8 heteroatoms. The number of aromatic nitrogens is 1. The number of likely N-dealkylation sites (N-methyl/N-ethyl adjacent to an activating group) is 1. The molecule has 3 aromatic rings. The van der Waals surface area contributed by atoms with Crippen LogP contribution >= 0.6 is 24.0 Å². The summed E-state index contributed by atoms with van der Waals surface area (Å²) in [6.45, 7) is 2.11. The highest BCUT2D eigenvalue weighted by atomic mass is 35.5. The van der Waals surface area contributed by atoms with Gasteiger partial charge < -0.3 is 23.8 Å². The lowest BCUT2D eigenvalue weighted by molar-refractivity contribution is 0.0722. The average Bonchev–Trinajstić information content (AvgIpc) is 3.28. The van der Waals surface area contributed by atoms with E-state index in [2.05, 4.69) is 4.90 Å². The van der Waals surface area contributed by atoms with Crippen LogP contribution in [0.25, 0.3) is 10.9 Å². The molecular formula is C22H25Cl2N3O3. The fourth-order valence-electron chi connectivity index (χ4n) is 3.52. The molecule has 160 valence electrons. The molecule has 6 nitrogen and oxygen atoms in total. The number of rotatable bonds is 6. The van der Waals surface area contributed by atoms with Crippen molar-refractivity contribution in [3.63, 3.8) is 0 Å². The van der Waals surface area contributed by atoms with Gasteiger partial charge in [-0.3, -0.25) is 4.79 Å². The van der Waals surface area contributed by atoms with E-state index in [1.165, 1.54) is 0 Å². The van der Waals surface area contributed by atoms with Crippen molar-refractivity contribution in [3.05, 3.63) is 58.7 Å². The Morgan fingerprint density at radius 3 is 2.60 bits per heavy atom. The van der Waals surface area contributed by atoms with Crippen LogP contribution in [-0.4, -0.2) is 54.3 Å². The molecule has 4 rings (SSSR count). The Kier molecular flexibility index (Phi) is 6.81. The summed E-state index contributed by atoms with van der Waals surface area (Å²) >= 11 is 6.13. The van der Waals surface area contributed by atoms with E-state index in [0.717, 1.165) is 34.5 Å². The number of nitrogens with zero attached hydrogens (tertiary/aromatic N) is 3. The summed E-state index contributed by atoms with van der Waals surface area (Å²) < 4.78 is 12.8. The molecule has 0 unspecified atom stereocenters. The van der Waals surface area contributed by atoms with Crippen molar-refractivity contribution in [1.82, 2.24) is 14.4 Å². The Morgan fingerprint density at radius 1 is 1.07 bits per heavy atom. The summed E-state index contributed by atoms with van der Waals surface area (Å²) in [6, 6.07) is 13.4. The zero-order valence-corrected chi connectivity index (χ0v) is 18.8. The Balaban J connectivity index is 0.00000256. The van der Waals surface area contributed by atoms with Crippen LogP contribution in [-0.2, 0) is 13.6 Å². The van der Waals surface area contributed by atoms with Gasteiger partial charge in [0.15, 0.2) is 11.5 Å². The van der Waals surface area contributed by atoms with E-state index >= 15 is 0 Å². The van der Waals surface area contributed by atoms with Crippen LogP contribution in [0.2, 0.25) is 5.02 Å². The van der Waals surface area contributed by atoms with Gasteiger partial charge in [-0.25, -0.2) is 0 Å². The van der Waals surface area contributed by atoms with Gasteiger partial charge in [-0.05, 0) is 56.1 Å². The van der Waals surface area contributed by atoms with Crippen LogP contribution in [0.4, 0.5) is 0 Å². The molecule has 2 heterocycles. The molecule has 1 aliphatic rings. The van der Waals surface area contributed by atoms with Crippen LogP contribution in [0.15, 0.2) is 42.5 Å². The molecule has 0 aliphatic carbocycles. The molecule has 1 amide bonds. The number of aryl methyl sites for hydroxylation is 1. The predicted molar refractivity (Wildman–Crippen MR) is 121 cm³/mol. The minimum Gasteiger partial charge on any atom is -0.454 e. The third-order valence-electron chi connectivity index (χ3n) is 5.14. The highest BCUT2D eigenvalue weighted by Gasteiger charge is 2.22. The zero-order valence-electron chi connectivity index (χ0n) is 17.2. The second kappa shape index (κ2) is 9.16. The minimum atomic E-state index is -0.0145. The van der Waals surface area contributed by atoms with E-state index in [0.29, 0.717) is 23.8 Å². The Hall–Kier alpha value is -2.41. The lowest BCUT2D eigenvalue weighted by atomic mass is 10.1. The standard InChI is InChI=1S/C22H24ClN3O3.ClH/c1-24(2)8-9-26(13-15-4-7-20-21(10-15)29-14-28-20)22(27)19-12-16-11-17(23)5-6-18(16)25(19)3;/h4-7,10-12H,8-9,13-14H2,1-3H3;1H. The van der Waals surface area contributed by atoms with Crippen molar-refractivity contribution in [2.45, 2.75) is 6.54 Å². The number of ether oxygens (including phenoxy) is 2. The maximum absolute atomic E-state index is 13.5. The summed E-state index contributed by atoms with van der Waals surface area (Å²) in [6.07, 6.45) is 0. The molecule has 2 aromatic carbocycles. The van der Waals surface area contributed by atoms with Gasteiger partial charge in [0.25, 0.3) is 5.91 Å². The van der Waals surface area contributed by atoms with Gasteiger partial charge >= 0.3 is 0 Å². The van der Waals surface area contributed by atoms with Crippen LogP contribution in [0.5, 0.6) is 11.5 Å². The van der Waals surface area contributed by atoms with Gasteiger partial charge in [0.1, 0.15) is 5.69 Å². The van der Waals surface area contributed by atoms with Crippen molar-refractivity contribution in [2.75, 3.05) is 34.0 Å². The molecule has 30 heavy (non-hydrogen) atoms. The smallest absolute Gasteiger partial charge is 0.270 e. The number of carbonyl (C=O) groups excluding carboxylic acids is 1. The first kappa shape index (κ1) is 22.3. The van der Waals surface area contributed by atoms with Crippen LogP contribution in [0.1, 0.15) is 16.1 Å². The van der Waals surface area contributed by atoms with Crippen molar-refractivity contribution in [2.24, 2.45) is 7.05 Å². The fourth-order valence-corrected chi connectivity index (χ4v) is 3.70. The number of halogens is 2. The van der Waals surface area contributed by atoms with Gasteiger partial charge in [-0.2, -0.15) is 0 Å². The Bertz CT molecular complexity index is 1070. The largest absolute Gasteiger partial charge is 0.454 e. The van der Waals surface area contributed by atoms with Crippen LogP contribution in [0, 0.1) is 0 Å². The maximum Gasteiger partial charge on any atom is 0.270 e. The second-order valence-electron chi connectivity index (χ2n) is 7.51. The van der Waals surface area contributed by atoms with E-state index in [9.17, 15) is 4.79 Å². The molecule has 0 bridgehead atoms. The monoisotopic (exact) mass is 449 g/mol. The van der Waals surface area contributed by atoms with Crippen molar-refractivity contribution in [1.29, 1.82) is 0 Å². The van der Waals surface area contributed by atoms with Crippen molar-refractivity contribution in [3.8, 4) is 11.5 Å². The summed E-state index contributed by atoms with van der Waals surface area (Å²) in [7, 11) is 5.91. The van der Waals surface area contributed by atoms with E-state index < -0.39 is 0 Å². The molecule has 1 aliphatic heterocycles. The predicted octanol–water partition coefficient (Wildman–Crippen LogP) is 4.19. The highest BCUT2D eigenvalue weighted by Crippen LogP contribution is 2.33. The highest BCUT2D eigenvalue weighted by molar-refractivity contribution is 6.31. The van der Waals surface area contributed by atoms with Gasteiger partial charge in [0, 0.05) is 42.6 Å². The summed E-state index contributed by atoms with van der Waals surface area (Å²) in [5.41, 5.74) is 2.62. The summed E-state index contributed by atoms with van der Waals surface area (Å²) in [5, 5.41) is 1.62. The van der Waals surface area contributed by atoms with Gasteiger partial charge in [-0.1, -0.05) is 17.7 Å². The first-order valence-corrected chi connectivity index (χ1v) is 9.87. The normalized spacial score (nSPS) is 12.3. The SMILES string of the molecule is CN(C)CCN(Cc1ccc2c(c1)OCO2)C(=O)c1cc2cc(Cl)ccc2n1C.Cl. The number of hydrogen-bond donors (Lipinski definition) is 0. The lowest BCUT2D eigenvalue weighted by Crippen LogP contribution is -2.37. The first-order chi connectivity index (χ1) is 13.9. The van der Waals surface area contributed by atoms with Crippen molar-refractivity contribution < 1.29 is 14.3 Å². The van der Waals surface area contributed by atoms with Gasteiger partial charge in [0.05, 0.1) is 0 Å². The zero-order chi connectivity index (χ0) is 20.5. The molecule has 0 fully saturated rings. The minimum absolute atomic E-state index is 0. The Labute approximate surface area is 187 Å². The summed E-state index contributed by atoms with van der Waals surface area (Å²) in [5.74, 6) is 1.45. The second-order valence-corrected chi connectivity index (χ2v) is 7.95. The van der Waals surface area contributed by atoms with Crippen molar-refractivity contribution >= 4 is 40.8 Å². The molecule has 0 saturated carbocycles. The quantitative estimate of drug-likeness (QED) is 0.565. The third kappa shape index (κ3) is 4.51. The molecule has 0 radical (unpaired) electrons. The Morgan fingerprint density at radius 2 is 1.83 bits per heavy atom. The molecule has 0 atom stereocenters. The summed E-state index contributed by atoms with van der Waals surface area (Å²) in [4.78, 5) is 17.4. The van der Waals surface area contributed by atoms with E-state index in [1.54, 1.807) is 0 Å². The maximum atomic E-state index is 13.5. The van der Waals surface area contributed by atoms with Gasteiger partial charge in [-0.15, -0.1) is 12.4 Å². The molecular weight excluding hydrogens is 425 g/mol. The molecule has 0 spiro atoms. The number of hydrogen-bond acceptors (Lipinski definition) is 4. The number of benzene rings is 2. The topological polar surface area (TPSA) is 46.9 Å². The number of fused-ring (bicyclic) bond motifs is 2. The molecule has 0 N–H and O–H groups in total. The van der Waals surface area contributed by atoms with E-state index in [-0.39, 0.29) is 25.1 Å². The van der Waals surface area contributed by atoms with Crippen LogP contribution < -0.4 is 9.47 Å². The third-order valence-corrected chi connectivity index (χ3v) is 5.37. The number of amides is 1. The van der Waals surface area contributed by atoms with E-state index in [4.69, 9.17) is 21.1 Å². The molecule has 1 aromatic heterocycles.